The highest BCUT2D eigenvalue weighted by Crippen LogP contribution is 2.02. The van der Waals surface area contributed by atoms with Crippen LogP contribution in [0.5, 0.6) is 0 Å². The Bertz CT molecular complexity index is 308. The monoisotopic (exact) mass is 203 g/mol. The van der Waals surface area contributed by atoms with Gasteiger partial charge in [0.05, 0.1) is 11.6 Å². The van der Waals surface area contributed by atoms with E-state index < -0.39 is 0 Å². The number of nitriles is 1. The van der Waals surface area contributed by atoms with Gasteiger partial charge in [-0.1, -0.05) is 26.2 Å². The van der Waals surface area contributed by atoms with E-state index in [-0.39, 0.29) is 0 Å². The number of aryl methyl sites for hydroxylation is 1. The standard InChI is InChI=1S/C13H19N2/c1-2-3-4-5-6-9-15-10-7-13(12-14)8-11-15/h7-8,10-11H,2-6,9H2,1H3/q+1. The Balaban J connectivity index is 2.23. The van der Waals surface area contributed by atoms with E-state index in [9.17, 15) is 0 Å². The summed E-state index contributed by atoms with van der Waals surface area (Å²) < 4.78 is 2.15. The van der Waals surface area contributed by atoms with E-state index in [1.807, 2.05) is 24.5 Å². The largest absolute Gasteiger partial charge is 0.205 e. The van der Waals surface area contributed by atoms with Gasteiger partial charge in [0, 0.05) is 18.6 Å². The normalized spacial score (nSPS) is 9.87. The predicted molar refractivity (Wildman–Crippen MR) is 60.1 cm³/mol. The number of rotatable bonds is 6. The van der Waals surface area contributed by atoms with E-state index in [2.05, 4.69) is 17.6 Å². The third-order valence-electron chi connectivity index (χ3n) is 2.54. The summed E-state index contributed by atoms with van der Waals surface area (Å²) in [4.78, 5) is 0. The van der Waals surface area contributed by atoms with Crippen LogP contribution >= 0.6 is 0 Å². The van der Waals surface area contributed by atoms with Crippen LogP contribution < -0.4 is 4.57 Å². The lowest BCUT2D eigenvalue weighted by atomic mass is 10.1. The Morgan fingerprint density at radius 1 is 1.13 bits per heavy atom. The first-order chi connectivity index (χ1) is 7.36. The van der Waals surface area contributed by atoms with Crippen molar-refractivity contribution in [3.63, 3.8) is 0 Å². The summed E-state index contributed by atoms with van der Waals surface area (Å²) in [6, 6.07) is 5.86. The summed E-state index contributed by atoms with van der Waals surface area (Å²) in [5, 5.41) is 8.64. The van der Waals surface area contributed by atoms with Crippen LogP contribution in [0.4, 0.5) is 0 Å². The van der Waals surface area contributed by atoms with Gasteiger partial charge in [-0.2, -0.15) is 5.26 Å². The van der Waals surface area contributed by atoms with Crippen molar-refractivity contribution in [2.24, 2.45) is 0 Å². The van der Waals surface area contributed by atoms with Crippen molar-refractivity contribution in [1.82, 2.24) is 0 Å². The van der Waals surface area contributed by atoms with Crippen LogP contribution in [-0.2, 0) is 6.54 Å². The molecule has 0 aliphatic carbocycles. The second-order valence-electron chi connectivity index (χ2n) is 3.85. The van der Waals surface area contributed by atoms with Gasteiger partial charge in [0.15, 0.2) is 12.4 Å². The van der Waals surface area contributed by atoms with Gasteiger partial charge < -0.3 is 0 Å². The fourth-order valence-electron chi connectivity index (χ4n) is 1.58. The molecule has 0 fully saturated rings. The Hall–Kier alpha value is -1.36. The number of nitrogens with zero attached hydrogens (tertiary/aromatic N) is 2. The van der Waals surface area contributed by atoms with Crippen LogP contribution in [-0.4, -0.2) is 0 Å². The van der Waals surface area contributed by atoms with Gasteiger partial charge in [0.25, 0.3) is 0 Å². The number of unbranched alkanes of at least 4 members (excludes halogenated alkanes) is 4. The second kappa shape index (κ2) is 7.00. The quantitative estimate of drug-likeness (QED) is 0.516. The third-order valence-corrected chi connectivity index (χ3v) is 2.54. The number of pyridine rings is 1. The summed E-state index contributed by atoms with van der Waals surface area (Å²) in [7, 11) is 0. The van der Waals surface area contributed by atoms with Gasteiger partial charge in [-0.15, -0.1) is 0 Å². The summed E-state index contributed by atoms with van der Waals surface area (Å²) in [6.07, 6.45) is 10.5. The zero-order valence-electron chi connectivity index (χ0n) is 9.45. The van der Waals surface area contributed by atoms with Crippen LogP contribution in [0, 0.1) is 11.3 Å². The molecule has 0 aliphatic heterocycles. The molecule has 0 atom stereocenters. The summed E-state index contributed by atoms with van der Waals surface area (Å²) >= 11 is 0. The average Bonchev–Trinajstić information content (AvgIpc) is 2.30. The van der Waals surface area contributed by atoms with Crippen LogP contribution in [0.2, 0.25) is 0 Å². The maximum Gasteiger partial charge on any atom is 0.170 e. The highest BCUT2D eigenvalue weighted by atomic mass is 14.9. The Labute approximate surface area is 92.2 Å². The first-order valence-corrected chi connectivity index (χ1v) is 5.76. The van der Waals surface area contributed by atoms with Crippen LogP contribution in [0.15, 0.2) is 24.5 Å². The zero-order chi connectivity index (χ0) is 10.9. The summed E-state index contributed by atoms with van der Waals surface area (Å²) in [6.45, 7) is 3.30. The van der Waals surface area contributed by atoms with E-state index in [1.54, 1.807) is 0 Å². The first kappa shape index (κ1) is 11.7. The minimum Gasteiger partial charge on any atom is -0.205 e. The molecule has 0 unspecified atom stereocenters. The van der Waals surface area contributed by atoms with Crippen molar-refractivity contribution in [2.45, 2.75) is 45.6 Å². The smallest absolute Gasteiger partial charge is 0.170 e. The highest BCUT2D eigenvalue weighted by molar-refractivity contribution is 5.23. The highest BCUT2D eigenvalue weighted by Gasteiger charge is 1.99. The lowest BCUT2D eigenvalue weighted by molar-refractivity contribution is -0.697. The molecule has 0 aliphatic rings. The molecule has 0 amide bonds. The zero-order valence-corrected chi connectivity index (χ0v) is 9.45. The average molecular weight is 203 g/mol. The minimum absolute atomic E-state index is 0.734. The molecule has 0 spiro atoms. The second-order valence-corrected chi connectivity index (χ2v) is 3.85. The van der Waals surface area contributed by atoms with Gasteiger partial charge in [-0.25, -0.2) is 4.57 Å². The van der Waals surface area contributed by atoms with Crippen molar-refractivity contribution in [2.75, 3.05) is 0 Å². The van der Waals surface area contributed by atoms with E-state index in [4.69, 9.17) is 5.26 Å². The lowest BCUT2D eigenvalue weighted by Gasteiger charge is -1.97. The van der Waals surface area contributed by atoms with Crippen LogP contribution in [0.25, 0.3) is 0 Å². The van der Waals surface area contributed by atoms with Gasteiger partial charge in [-0.3, -0.25) is 0 Å². The van der Waals surface area contributed by atoms with Crippen molar-refractivity contribution < 1.29 is 4.57 Å². The van der Waals surface area contributed by atoms with Gasteiger partial charge in [0.2, 0.25) is 0 Å². The first-order valence-electron chi connectivity index (χ1n) is 5.76. The minimum atomic E-state index is 0.734. The van der Waals surface area contributed by atoms with Crippen molar-refractivity contribution in [1.29, 1.82) is 5.26 Å². The van der Waals surface area contributed by atoms with Crippen LogP contribution in [0.3, 0.4) is 0 Å². The molecule has 1 rings (SSSR count). The molecule has 15 heavy (non-hydrogen) atoms. The van der Waals surface area contributed by atoms with E-state index >= 15 is 0 Å². The van der Waals surface area contributed by atoms with Crippen LogP contribution in [0.1, 0.15) is 44.6 Å². The molecular formula is C13H19N2+. The molecular weight excluding hydrogens is 184 g/mol. The van der Waals surface area contributed by atoms with E-state index in [0.717, 1.165) is 12.1 Å². The molecule has 2 nitrogen and oxygen atoms in total. The Kier molecular flexibility index (Phi) is 5.47. The molecule has 1 aromatic heterocycles. The van der Waals surface area contributed by atoms with Gasteiger partial charge in [-0.05, 0) is 6.42 Å². The maximum atomic E-state index is 8.64. The van der Waals surface area contributed by atoms with E-state index in [0.29, 0.717) is 0 Å². The fourth-order valence-corrected chi connectivity index (χ4v) is 1.58. The molecule has 80 valence electrons. The summed E-state index contributed by atoms with van der Waals surface area (Å²) in [5.41, 5.74) is 0.734. The maximum absolute atomic E-state index is 8.64. The number of hydrogen-bond donors (Lipinski definition) is 0. The molecule has 0 aromatic carbocycles. The SMILES string of the molecule is CCCCCCC[n+]1ccc(C#N)cc1. The third kappa shape index (κ3) is 4.60. The van der Waals surface area contributed by atoms with Crippen molar-refractivity contribution in [3.05, 3.63) is 30.1 Å². The molecule has 0 saturated heterocycles. The molecule has 2 heteroatoms. The molecule has 0 bridgehead atoms. The Morgan fingerprint density at radius 3 is 2.40 bits per heavy atom. The molecule has 0 saturated carbocycles. The van der Waals surface area contributed by atoms with E-state index in [1.165, 1.54) is 32.1 Å². The number of aromatic nitrogens is 1. The number of hydrogen-bond acceptors (Lipinski definition) is 1. The van der Waals surface area contributed by atoms with Crippen molar-refractivity contribution >= 4 is 0 Å². The molecule has 1 heterocycles. The lowest BCUT2D eigenvalue weighted by Crippen LogP contribution is -2.32. The van der Waals surface area contributed by atoms with Gasteiger partial charge in [0.1, 0.15) is 6.54 Å². The van der Waals surface area contributed by atoms with Gasteiger partial charge >= 0.3 is 0 Å². The molecule has 0 N–H and O–H groups in total. The Morgan fingerprint density at radius 2 is 1.80 bits per heavy atom. The topological polar surface area (TPSA) is 27.7 Å². The predicted octanol–water partition coefficient (Wildman–Crippen LogP) is 2.82. The summed E-state index contributed by atoms with van der Waals surface area (Å²) in [5.74, 6) is 0. The van der Waals surface area contributed by atoms with Crippen molar-refractivity contribution in [3.8, 4) is 6.07 Å². The molecule has 0 radical (unpaired) electrons. The fraction of sp³-hybridized carbons (Fsp3) is 0.538. The molecule has 1 aromatic rings.